The van der Waals surface area contributed by atoms with Gasteiger partial charge in [0.2, 0.25) is 0 Å². The van der Waals surface area contributed by atoms with Crippen molar-refractivity contribution in [3.63, 3.8) is 0 Å². The number of nitrogens with one attached hydrogen (secondary N) is 2. The molecule has 0 fully saturated rings. The van der Waals surface area contributed by atoms with E-state index in [-0.39, 0.29) is 5.91 Å². The number of rotatable bonds is 3. The van der Waals surface area contributed by atoms with Crippen LogP contribution in [0.5, 0.6) is 0 Å². The van der Waals surface area contributed by atoms with Crippen molar-refractivity contribution in [3.8, 4) is 11.3 Å². The maximum Gasteiger partial charge on any atom is 0.259 e. The molecule has 106 valence electrons. The molecule has 3 rings (SSSR count). The Morgan fingerprint density at radius 2 is 2.24 bits per heavy atom. The quantitative estimate of drug-likeness (QED) is 0.774. The van der Waals surface area contributed by atoms with E-state index in [0.29, 0.717) is 11.3 Å². The zero-order valence-corrected chi connectivity index (χ0v) is 11.8. The van der Waals surface area contributed by atoms with E-state index >= 15 is 0 Å². The second kappa shape index (κ2) is 5.24. The first-order chi connectivity index (χ1) is 10.1. The van der Waals surface area contributed by atoms with Crippen molar-refractivity contribution in [2.24, 2.45) is 7.05 Å². The summed E-state index contributed by atoms with van der Waals surface area (Å²) in [7, 11) is 1.79. The number of hydrogen-bond donors (Lipinski definition) is 2. The van der Waals surface area contributed by atoms with Crippen LogP contribution >= 0.6 is 0 Å². The predicted molar refractivity (Wildman–Crippen MR) is 79.9 cm³/mol. The fourth-order valence-corrected chi connectivity index (χ4v) is 2.20. The van der Waals surface area contributed by atoms with Gasteiger partial charge in [-0.1, -0.05) is 12.1 Å². The lowest BCUT2D eigenvalue weighted by Crippen LogP contribution is -2.12. The van der Waals surface area contributed by atoms with Gasteiger partial charge in [-0.05, 0) is 19.1 Å². The Kier molecular flexibility index (Phi) is 3.27. The van der Waals surface area contributed by atoms with Gasteiger partial charge in [-0.25, -0.2) is 4.98 Å². The Morgan fingerprint density at radius 3 is 2.90 bits per heavy atom. The number of hydrogen-bond acceptors (Lipinski definition) is 3. The van der Waals surface area contributed by atoms with Crippen LogP contribution in [-0.4, -0.2) is 25.7 Å². The van der Waals surface area contributed by atoms with E-state index in [1.807, 2.05) is 31.2 Å². The van der Waals surface area contributed by atoms with Crippen LogP contribution < -0.4 is 5.32 Å². The number of carbonyl (C=O) groups is 1. The van der Waals surface area contributed by atoms with Crippen molar-refractivity contribution in [1.82, 2.24) is 19.7 Å². The highest BCUT2D eigenvalue weighted by atomic mass is 16.1. The highest BCUT2D eigenvalue weighted by Gasteiger charge is 2.12. The normalized spacial score (nSPS) is 10.6. The van der Waals surface area contributed by atoms with Gasteiger partial charge in [0.25, 0.3) is 5.91 Å². The third-order valence-corrected chi connectivity index (χ3v) is 3.19. The molecule has 0 aliphatic heterocycles. The summed E-state index contributed by atoms with van der Waals surface area (Å²) in [4.78, 5) is 19.3. The minimum atomic E-state index is -0.164. The first-order valence-electron chi connectivity index (χ1n) is 6.54. The number of benzene rings is 1. The number of H-pyrrole nitrogens is 1. The average molecular weight is 281 g/mol. The van der Waals surface area contributed by atoms with E-state index < -0.39 is 0 Å². The minimum absolute atomic E-state index is 0.164. The summed E-state index contributed by atoms with van der Waals surface area (Å²) in [6.45, 7) is 1.82. The van der Waals surface area contributed by atoms with Gasteiger partial charge in [0, 0.05) is 24.5 Å². The van der Waals surface area contributed by atoms with E-state index in [1.165, 1.54) is 0 Å². The molecular formula is C15H15N5O. The molecule has 0 spiro atoms. The molecule has 0 unspecified atom stereocenters. The Bertz CT molecular complexity index is 773. The maximum atomic E-state index is 12.3. The molecule has 2 N–H and O–H groups in total. The fourth-order valence-electron chi connectivity index (χ4n) is 2.20. The standard InChI is InChI=1S/C15H15N5O/c1-10-13(8-20(2)19-10)15(21)18-12-5-3-4-11(6-12)14-7-16-9-17-14/h3-9H,1-2H3,(H,16,17)(H,18,21). The van der Waals surface area contributed by atoms with Crippen molar-refractivity contribution in [3.05, 3.63) is 54.2 Å². The summed E-state index contributed by atoms with van der Waals surface area (Å²) < 4.78 is 1.63. The minimum Gasteiger partial charge on any atom is -0.345 e. The zero-order chi connectivity index (χ0) is 14.8. The van der Waals surface area contributed by atoms with Crippen LogP contribution in [0.2, 0.25) is 0 Å². The van der Waals surface area contributed by atoms with Crippen LogP contribution in [0.25, 0.3) is 11.3 Å². The van der Waals surface area contributed by atoms with Gasteiger partial charge in [-0.15, -0.1) is 0 Å². The van der Waals surface area contributed by atoms with Crippen LogP contribution in [0.4, 0.5) is 5.69 Å². The highest BCUT2D eigenvalue weighted by Crippen LogP contribution is 2.20. The monoisotopic (exact) mass is 281 g/mol. The van der Waals surface area contributed by atoms with Crippen molar-refractivity contribution in [2.75, 3.05) is 5.32 Å². The fraction of sp³-hybridized carbons (Fsp3) is 0.133. The summed E-state index contributed by atoms with van der Waals surface area (Å²) in [6, 6.07) is 7.60. The molecule has 6 nitrogen and oxygen atoms in total. The van der Waals surface area contributed by atoms with Gasteiger partial charge in [0.05, 0.1) is 29.5 Å². The Morgan fingerprint density at radius 1 is 1.38 bits per heavy atom. The third-order valence-electron chi connectivity index (χ3n) is 3.19. The van der Waals surface area contributed by atoms with E-state index in [4.69, 9.17) is 0 Å². The second-order valence-corrected chi connectivity index (χ2v) is 4.80. The molecule has 2 heterocycles. The second-order valence-electron chi connectivity index (χ2n) is 4.80. The molecule has 0 saturated heterocycles. The van der Waals surface area contributed by atoms with Gasteiger partial charge in [0.15, 0.2) is 0 Å². The van der Waals surface area contributed by atoms with Gasteiger partial charge < -0.3 is 10.3 Å². The molecule has 3 aromatic rings. The SMILES string of the molecule is Cc1nn(C)cc1C(=O)Nc1cccc(-c2cnc[nH]2)c1. The molecule has 1 aromatic carbocycles. The van der Waals surface area contributed by atoms with E-state index in [0.717, 1.165) is 16.9 Å². The molecule has 0 saturated carbocycles. The van der Waals surface area contributed by atoms with Gasteiger partial charge in [-0.3, -0.25) is 9.48 Å². The van der Waals surface area contributed by atoms with Gasteiger partial charge in [0.1, 0.15) is 0 Å². The molecule has 0 radical (unpaired) electrons. The van der Waals surface area contributed by atoms with E-state index in [2.05, 4.69) is 20.4 Å². The predicted octanol–water partition coefficient (Wildman–Crippen LogP) is 2.37. The number of amides is 1. The lowest BCUT2D eigenvalue weighted by atomic mass is 10.1. The summed E-state index contributed by atoms with van der Waals surface area (Å²) in [5, 5.41) is 7.06. The summed E-state index contributed by atoms with van der Waals surface area (Å²) >= 11 is 0. The molecule has 0 bridgehead atoms. The molecule has 2 aromatic heterocycles. The molecule has 0 aliphatic rings. The van der Waals surface area contributed by atoms with Crippen LogP contribution in [0.15, 0.2) is 43.0 Å². The van der Waals surface area contributed by atoms with Gasteiger partial charge >= 0.3 is 0 Å². The number of aryl methyl sites for hydroxylation is 2. The average Bonchev–Trinajstić information content (AvgIpc) is 3.08. The Labute approximate surface area is 121 Å². The van der Waals surface area contributed by atoms with Crippen LogP contribution in [-0.2, 0) is 7.05 Å². The summed E-state index contributed by atoms with van der Waals surface area (Å²) in [5.74, 6) is -0.164. The van der Waals surface area contributed by atoms with Crippen LogP contribution in [0, 0.1) is 6.92 Å². The molecule has 0 aliphatic carbocycles. The Balaban J connectivity index is 1.84. The largest absolute Gasteiger partial charge is 0.345 e. The smallest absolute Gasteiger partial charge is 0.259 e. The first-order valence-corrected chi connectivity index (χ1v) is 6.54. The topological polar surface area (TPSA) is 75.6 Å². The highest BCUT2D eigenvalue weighted by molar-refractivity contribution is 6.05. The lowest BCUT2D eigenvalue weighted by molar-refractivity contribution is 0.102. The lowest BCUT2D eigenvalue weighted by Gasteiger charge is -2.06. The Hall–Kier alpha value is -2.89. The first kappa shape index (κ1) is 13.1. The summed E-state index contributed by atoms with van der Waals surface area (Å²) in [5.41, 5.74) is 3.89. The zero-order valence-electron chi connectivity index (χ0n) is 11.8. The number of imidazole rings is 1. The van der Waals surface area contributed by atoms with Crippen LogP contribution in [0.3, 0.4) is 0 Å². The number of anilines is 1. The molecular weight excluding hydrogens is 266 g/mol. The van der Waals surface area contributed by atoms with Crippen molar-refractivity contribution in [2.45, 2.75) is 6.92 Å². The molecule has 21 heavy (non-hydrogen) atoms. The van der Waals surface area contributed by atoms with Crippen molar-refractivity contribution < 1.29 is 4.79 Å². The number of aromatic nitrogens is 4. The number of aromatic amines is 1. The van der Waals surface area contributed by atoms with E-state index in [1.54, 1.807) is 30.5 Å². The van der Waals surface area contributed by atoms with Crippen molar-refractivity contribution in [1.29, 1.82) is 0 Å². The van der Waals surface area contributed by atoms with Gasteiger partial charge in [-0.2, -0.15) is 5.10 Å². The van der Waals surface area contributed by atoms with Crippen molar-refractivity contribution >= 4 is 11.6 Å². The van der Waals surface area contributed by atoms with Crippen LogP contribution in [0.1, 0.15) is 16.1 Å². The molecule has 6 heteroatoms. The maximum absolute atomic E-state index is 12.3. The molecule has 0 atom stereocenters. The number of carbonyl (C=O) groups excluding carboxylic acids is 1. The summed E-state index contributed by atoms with van der Waals surface area (Å²) in [6.07, 6.45) is 5.08. The third kappa shape index (κ3) is 2.69. The van der Waals surface area contributed by atoms with E-state index in [9.17, 15) is 4.79 Å². The number of nitrogens with zero attached hydrogens (tertiary/aromatic N) is 3. The molecule has 1 amide bonds.